The molecule has 2 rings (SSSR count). The minimum Gasteiger partial charge on any atom is -0.497 e. The van der Waals surface area contributed by atoms with Gasteiger partial charge in [-0.05, 0) is 30.2 Å². The van der Waals surface area contributed by atoms with E-state index >= 15 is 0 Å². The van der Waals surface area contributed by atoms with Gasteiger partial charge in [-0.25, -0.2) is 0 Å². The Labute approximate surface area is 124 Å². The molecule has 0 saturated heterocycles. The zero-order chi connectivity index (χ0) is 15.4. The molecule has 110 valence electrons. The molecule has 4 heteroatoms. The van der Waals surface area contributed by atoms with E-state index in [2.05, 4.69) is 0 Å². The molecule has 0 amide bonds. The van der Waals surface area contributed by atoms with E-state index in [1.54, 1.807) is 17.7 Å². The number of methoxy groups -OCH3 is 1. The van der Waals surface area contributed by atoms with Crippen molar-refractivity contribution < 1.29 is 9.53 Å². The largest absolute Gasteiger partial charge is 0.497 e. The van der Waals surface area contributed by atoms with Crippen LogP contribution in [0.2, 0.25) is 0 Å². The Morgan fingerprint density at radius 3 is 2.62 bits per heavy atom. The van der Waals surface area contributed by atoms with Crippen LogP contribution in [0.1, 0.15) is 24.2 Å². The van der Waals surface area contributed by atoms with Gasteiger partial charge in [-0.1, -0.05) is 26.0 Å². The SMILES string of the molecule is COc1cccc(-c2ccc(C=O)c(=O)n2CC(C)C)c1. The Balaban J connectivity index is 2.64. The molecule has 2 aromatic rings. The molecule has 0 aliphatic rings. The molecule has 0 radical (unpaired) electrons. The molecule has 1 heterocycles. The summed E-state index contributed by atoms with van der Waals surface area (Å²) in [5.74, 6) is 1.03. The first-order chi connectivity index (χ1) is 10.1. The number of nitrogens with zero attached hydrogens (tertiary/aromatic N) is 1. The van der Waals surface area contributed by atoms with Crippen molar-refractivity contribution in [3.63, 3.8) is 0 Å². The van der Waals surface area contributed by atoms with Crippen LogP contribution in [0.3, 0.4) is 0 Å². The number of ether oxygens (including phenoxy) is 1. The Hall–Kier alpha value is -2.36. The van der Waals surface area contributed by atoms with Gasteiger partial charge in [-0.2, -0.15) is 0 Å². The van der Waals surface area contributed by atoms with Gasteiger partial charge in [0.1, 0.15) is 5.75 Å². The zero-order valence-electron chi connectivity index (χ0n) is 12.5. The van der Waals surface area contributed by atoms with Crippen molar-refractivity contribution in [1.82, 2.24) is 4.57 Å². The first-order valence-electron chi connectivity index (χ1n) is 6.90. The molecular weight excluding hydrogens is 266 g/mol. The fourth-order valence-corrected chi connectivity index (χ4v) is 2.27. The minimum absolute atomic E-state index is 0.183. The fraction of sp³-hybridized carbons (Fsp3) is 0.294. The van der Waals surface area contributed by atoms with Gasteiger partial charge in [-0.15, -0.1) is 0 Å². The second-order valence-electron chi connectivity index (χ2n) is 5.33. The van der Waals surface area contributed by atoms with Crippen molar-refractivity contribution in [2.45, 2.75) is 20.4 Å². The predicted molar refractivity (Wildman–Crippen MR) is 82.9 cm³/mol. The summed E-state index contributed by atoms with van der Waals surface area (Å²) in [6, 6.07) is 10.9. The number of aromatic nitrogens is 1. The van der Waals surface area contributed by atoms with Crippen molar-refractivity contribution in [2.75, 3.05) is 7.11 Å². The molecule has 0 fully saturated rings. The molecule has 0 N–H and O–H groups in total. The summed E-state index contributed by atoms with van der Waals surface area (Å²) < 4.78 is 6.88. The van der Waals surface area contributed by atoms with Gasteiger partial charge in [0, 0.05) is 12.1 Å². The molecule has 0 unspecified atom stereocenters. The van der Waals surface area contributed by atoms with E-state index in [0.717, 1.165) is 17.0 Å². The van der Waals surface area contributed by atoms with Gasteiger partial charge in [0.2, 0.25) is 0 Å². The quantitative estimate of drug-likeness (QED) is 0.793. The van der Waals surface area contributed by atoms with Gasteiger partial charge in [0.05, 0.1) is 18.4 Å². The molecule has 0 atom stereocenters. The lowest BCUT2D eigenvalue weighted by Crippen LogP contribution is -2.26. The smallest absolute Gasteiger partial charge is 0.261 e. The number of carbonyl (C=O) groups is 1. The summed E-state index contributed by atoms with van der Waals surface area (Å²) in [7, 11) is 1.61. The van der Waals surface area contributed by atoms with Crippen LogP contribution < -0.4 is 10.3 Å². The number of rotatable bonds is 5. The molecule has 4 nitrogen and oxygen atoms in total. The lowest BCUT2D eigenvalue weighted by molar-refractivity contribution is 0.112. The number of hydrogen-bond acceptors (Lipinski definition) is 3. The maximum atomic E-state index is 12.4. The van der Waals surface area contributed by atoms with E-state index in [1.165, 1.54) is 0 Å². The van der Waals surface area contributed by atoms with Crippen LogP contribution in [0.15, 0.2) is 41.2 Å². The average molecular weight is 285 g/mol. The third-order valence-corrected chi connectivity index (χ3v) is 3.24. The second-order valence-corrected chi connectivity index (χ2v) is 5.33. The molecule has 0 bridgehead atoms. The van der Waals surface area contributed by atoms with Gasteiger partial charge < -0.3 is 9.30 Å². The van der Waals surface area contributed by atoms with E-state index in [0.29, 0.717) is 18.7 Å². The van der Waals surface area contributed by atoms with Crippen LogP contribution in [-0.4, -0.2) is 18.0 Å². The summed E-state index contributed by atoms with van der Waals surface area (Å²) in [5, 5.41) is 0. The topological polar surface area (TPSA) is 48.3 Å². The minimum atomic E-state index is -0.251. The molecule has 1 aromatic carbocycles. The van der Waals surface area contributed by atoms with Crippen LogP contribution in [0.4, 0.5) is 0 Å². The normalized spacial score (nSPS) is 10.7. The third-order valence-electron chi connectivity index (χ3n) is 3.24. The van der Waals surface area contributed by atoms with Crippen LogP contribution in [0.5, 0.6) is 5.75 Å². The summed E-state index contributed by atoms with van der Waals surface area (Å²) in [6.45, 7) is 4.64. The van der Waals surface area contributed by atoms with E-state index in [4.69, 9.17) is 4.74 Å². The number of pyridine rings is 1. The summed E-state index contributed by atoms with van der Waals surface area (Å²) in [6.07, 6.45) is 0.606. The maximum Gasteiger partial charge on any atom is 0.261 e. The summed E-state index contributed by atoms with van der Waals surface area (Å²) in [4.78, 5) is 23.4. The van der Waals surface area contributed by atoms with Gasteiger partial charge in [0.15, 0.2) is 6.29 Å². The van der Waals surface area contributed by atoms with Crippen LogP contribution in [0, 0.1) is 5.92 Å². The Morgan fingerprint density at radius 2 is 2.00 bits per heavy atom. The van der Waals surface area contributed by atoms with E-state index < -0.39 is 0 Å². The Kier molecular flexibility index (Phi) is 4.58. The van der Waals surface area contributed by atoms with Crippen LogP contribution in [-0.2, 0) is 6.54 Å². The number of carbonyl (C=O) groups excluding carboxylic acids is 1. The summed E-state index contributed by atoms with van der Waals surface area (Å²) >= 11 is 0. The first kappa shape index (κ1) is 15.0. The van der Waals surface area contributed by atoms with Crippen molar-refractivity contribution in [3.05, 3.63) is 52.3 Å². The van der Waals surface area contributed by atoms with Crippen molar-refractivity contribution in [2.24, 2.45) is 5.92 Å². The van der Waals surface area contributed by atoms with E-state index in [-0.39, 0.29) is 11.1 Å². The zero-order valence-corrected chi connectivity index (χ0v) is 12.5. The predicted octanol–water partition coefficient (Wildman–Crippen LogP) is 2.99. The highest BCUT2D eigenvalue weighted by Gasteiger charge is 2.12. The third kappa shape index (κ3) is 3.21. The molecule has 0 aliphatic carbocycles. The molecule has 0 aliphatic heterocycles. The van der Waals surface area contributed by atoms with E-state index in [9.17, 15) is 9.59 Å². The molecular formula is C17H19NO3. The Morgan fingerprint density at radius 1 is 1.24 bits per heavy atom. The van der Waals surface area contributed by atoms with E-state index in [1.807, 2.05) is 44.2 Å². The van der Waals surface area contributed by atoms with Gasteiger partial charge >= 0.3 is 0 Å². The molecule has 21 heavy (non-hydrogen) atoms. The number of hydrogen-bond donors (Lipinski definition) is 0. The number of benzene rings is 1. The van der Waals surface area contributed by atoms with Crippen LogP contribution >= 0.6 is 0 Å². The van der Waals surface area contributed by atoms with Crippen molar-refractivity contribution in [3.8, 4) is 17.0 Å². The maximum absolute atomic E-state index is 12.4. The standard InChI is InChI=1S/C17H19NO3/c1-12(2)10-18-16(8-7-14(11-19)17(18)20)13-5-4-6-15(9-13)21-3/h4-9,11-12H,10H2,1-3H3. The highest BCUT2D eigenvalue weighted by Crippen LogP contribution is 2.23. The lowest BCUT2D eigenvalue weighted by atomic mass is 10.1. The Bertz CT molecular complexity index is 701. The highest BCUT2D eigenvalue weighted by molar-refractivity contribution is 5.75. The fourth-order valence-electron chi connectivity index (χ4n) is 2.27. The molecule has 0 saturated carbocycles. The van der Waals surface area contributed by atoms with Crippen molar-refractivity contribution in [1.29, 1.82) is 0 Å². The highest BCUT2D eigenvalue weighted by atomic mass is 16.5. The molecule has 0 spiro atoms. The van der Waals surface area contributed by atoms with Crippen LogP contribution in [0.25, 0.3) is 11.3 Å². The lowest BCUT2D eigenvalue weighted by Gasteiger charge is -2.16. The average Bonchev–Trinajstić information content (AvgIpc) is 2.49. The van der Waals surface area contributed by atoms with Crippen molar-refractivity contribution >= 4 is 6.29 Å². The number of aldehydes is 1. The second kappa shape index (κ2) is 6.39. The monoisotopic (exact) mass is 285 g/mol. The van der Waals surface area contributed by atoms with Gasteiger partial charge in [-0.3, -0.25) is 9.59 Å². The molecule has 1 aromatic heterocycles. The van der Waals surface area contributed by atoms with Gasteiger partial charge in [0.25, 0.3) is 5.56 Å². The summed E-state index contributed by atoms with van der Waals surface area (Å²) in [5.41, 5.74) is 1.61. The first-order valence-corrected chi connectivity index (χ1v) is 6.90.